The van der Waals surface area contributed by atoms with Gasteiger partial charge >= 0.3 is 6.03 Å². The summed E-state index contributed by atoms with van der Waals surface area (Å²) in [5, 5.41) is 2.78. The van der Waals surface area contributed by atoms with E-state index in [1.165, 1.54) is 5.56 Å². The number of rotatable bonds is 5. The van der Waals surface area contributed by atoms with Crippen molar-refractivity contribution in [1.29, 1.82) is 0 Å². The lowest BCUT2D eigenvalue weighted by molar-refractivity contribution is -0.134. The van der Waals surface area contributed by atoms with E-state index in [1.807, 2.05) is 31.2 Å². The first kappa shape index (κ1) is 18.1. The van der Waals surface area contributed by atoms with E-state index in [2.05, 4.69) is 19.2 Å². The van der Waals surface area contributed by atoms with E-state index in [0.29, 0.717) is 44.4 Å². The highest BCUT2D eigenvalue weighted by atomic mass is 16.5. The van der Waals surface area contributed by atoms with Crippen molar-refractivity contribution in [2.75, 3.05) is 39.3 Å². The lowest BCUT2D eigenvalue weighted by Gasteiger charge is -2.34. The number of hydrogen-bond donors (Lipinski definition) is 1. The molecule has 0 aliphatic carbocycles. The molecule has 6 heteroatoms. The number of piperazine rings is 1. The number of hydrogen-bond acceptors (Lipinski definition) is 3. The molecule has 1 fully saturated rings. The summed E-state index contributed by atoms with van der Waals surface area (Å²) >= 11 is 0. The van der Waals surface area contributed by atoms with Crippen LogP contribution in [0.5, 0.6) is 5.75 Å². The Balaban J connectivity index is 1.76. The normalized spacial score (nSPS) is 14.7. The number of nitrogens with one attached hydrogen (secondary N) is 1. The van der Waals surface area contributed by atoms with Crippen LogP contribution in [0, 0.1) is 0 Å². The van der Waals surface area contributed by atoms with Crippen molar-refractivity contribution < 1.29 is 14.3 Å². The van der Waals surface area contributed by atoms with Gasteiger partial charge in [-0.05, 0) is 30.5 Å². The number of carbonyl (C=O) groups is 2. The molecule has 24 heavy (non-hydrogen) atoms. The minimum atomic E-state index is -0.0638. The highest BCUT2D eigenvalue weighted by molar-refractivity contribution is 5.78. The van der Waals surface area contributed by atoms with Gasteiger partial charge < -0.3 is 19.9 Å². The standard InChI is InChI=1S/C18H27N3O3/c1-4-19-18(23)21-11-9-20(10-12-21)17(22)13-24-16-7-5-15(6-8-16)14(2)3/h5-8,14H,4,9-13H2,1-3H3,(H,19,23). The summed E-state index contributed by atoms with van der Waals surface area (Å²) in [6, 6.07) is 7.78. The van der Waals surface area contributed by atoms with Crippen molar-refractivity contribution >= 4 is 11.9 Å². The second kappa shape index (κ2) is 8.57. The molecular formula is C18H27N3O3. The largest absolute Gasteiger partial charge is 0.484 e. The summed E-state index contributed by atoms with van der Waals surface area (Å²) in [4.78, 5) is 27.5. The number of benzene rings is 1. The molecule has 0 bridgehead atoms. The predicted molar refractivity (Wildman–Crippen MR) is 93.3 cm³/mol. The minimum absolute atomic E-state index is 0.0299. The van der Waals surface area contributed by atoms with Crippen molar-refractivity contribution in [2.24, 2.45) is 0 Å². The third-order valence-electron chi connectivity index (χ3n) is 4.16. The molecule has 0 unspecified atom stereocenters. The molecule has 0 spiro atoms. The van der Waals surface area contributed by atoms with Gasteiger partial charge in [-0.3, -0.25) is 4.79 Å². The smallest absolute Gasteiger partial charge is 0.317 e. The number of amides is 3. The van der Waals surface area contributed by atoms with E-state index in [1.54, 1.807) is 9.80 Å². The zero-order valence-electron chi connectivity index (χ0n) is 14.7. The van der Waals surface area contributed by atoms with Crippen molar-refractivity contribution in [2.45, 2.75) is 26.7 Å². The highest BCUT2D eigenvalue weighted by Gasteiger charge is 2.23. The average molecular weight is 333 g/mol. The Morgan fingerprint density at radius 1 is 1.08 bits per heavy atom. The second-order valence-electron chi connectivity index (χ2n) is 6.22. The van der Waals surface area contributed by atoms with E-state index >= 15 is 0 Å². The number of urea groups is 1. The van der Waals surface area contributed by atoms with E-state index in [-0.39, 0.29) is 18.5 Å². The Kier molecular flexibility index (Phi) is 6.46. The van der Waals surface area contributed by atoms with Crippen molar-refractivity contribution in [1.82, 2.24) is 15.1 Å². The summed E-state index contributed by atoms with van der Waals surface area (Å²) in [6.07, 6.45) is 0. The summed E-state index contributed by atoms with van der Waals surface area (Å²) < 4.78 is 5.58. The van der Waals surface area contributed by atoms with Crippen molar-refractivity contribution in [3.05, 3.63) is 29.8 Å². The van der Waals surface area contributed by atoms with Gasteiger partial charge in [-0.1, -0.05) is 26.0 Å². The Bertz CT molecular complexity index is 549. The Hall–Kier alpha value is -2.24. The van der Waals surface area contributed by atoms with Gasteiger partial charge in [-0.2, -0.15) is 0 Å². The molecule has 1 N–H and O–H groups in total. The quantitative estimate of drug-likeness (QED) is 0.897. The number of ether oxygens (including phenoxy) is 1. The van der Waals surface area contributed by atoms with E-state index in [4.69, 9.17) is 4.74 Å². The molecule has 132 valence electrons. The van der Waals surface area contributed by atoms with E-state index in [9.17, 15) is 9.59 Å². The van der Waals surface area contributed by atoms with Crippen LogP contribution in [-0.2, 0) is 4.79 Å². The summed E-state index contributed by atoms with van der Waals surface area (Å²) in [5.41, 5.74) is 1.25. The first-order valence-corrected chi connectivity index (χ1v) is 8.54. The topological polar surface area (TPSA) is 61.9 Å². The Morgan fingerprint density at radius 3 is 2.21 bits per heavy atom. The SMILES string of the molecule is CCNC(=O)N1CCN(C(=O)COc2ccc(C(C)C)cc2)CC1. The van der Waals surface area contributed by atoms with Gasteiger partial charge in [-0.25, -0.2) is 4.79 Å². The zero-order chi connectivity index (χ0) is 17.5. The van der Waals surface area contributed by atoms with Crippen LogP contribution in [0.2, 0.25) is 0 Å². The van der Waals surface area contributed by atoms with E-state index in [0.717, 1.165) is 0 Å². The van der Waals surface area contributed by atoms with Crippen molar-refractivity contribution in [3.63, 3.8) is 0 Å². The third kappa shape index (κ3) is 4.88. The lowest BCUT2D eigenvalue weighted by Crippen LogP contribution is -2.53. The molecule has 1 aromatic carbocycles. The van der Waals surface area contributed by atoms with Gasteiger partial charge in [0.2, 0.25) is 0 Å². The van der Waals surface area contributed by atoms with Gasteiger partial charge in [-0.15, -0.1) is 0 Å². The minimum Gasteiger partial charge on any atom is -0.484 e. The number of carbonyl (C=O) groups excluding carboxylic acids is 2. The zero-order valence-corrected chi connectivity index (χ0v) is 14.7. The molecule has 6 nitrogen and oxygen atoms in total. The fraction of sp³-hybridized carbons (Fsp3) is 0.556. The average Bonchev–Trinajstić information content (AvgIpc) is 2.60. The van der Waals surface area contributed by atoms with Crippen LogP contribution >= 0.6 is 0 Å². The first-order valence-electron chi connectivity index (χ1n) is 8.54. The van der Waals surface area contributed by atoms with E-state index < -0.39 is 0 Å². The highest BCUT2D eigenvalue weighted by Crippen LogP contribution is 2.18. The van der Waals surface area contributed by atoms with Crippen LogP contribution in [0.15, 0.2) is 24.3 Å². The van der Waals surface area contributed by atoms with Crippen LogP contribution in [0.25, 0.3) is 0 Å². The van der Waals surface area contributed by atoms with Gasteiger partial charge in [0.15, 0.2) is 6.61 Å². The molecule has 0 saturated carbocycles. The van der Waals surface area contributed by atoms with Crippen LogP contribution in [-0.4, -0.2) is 61.1 Å². The van der Waals surface area contributed by atoms with Gasteiger partial charge in [0.25, 0.3) is 5.91 Å². The molecule has 3 amide bonds. The summed E-state index contributed by atoms with van der Waals surface area (Å²) in [7, 11) is 0. The molecule has 0 aromatic heterocycles. The Morgan fingerprint density at radius 2 is 1.67 bits per heavy atom. The maximum Gasteiger partial charge on any atom is 0.317 e. The molecule has 0 radical (unpaired) electrons. The fourth-order valence-corrected chi connectivity index (χ4v) is 2.61. The second-order valence-corrected chi connectivity index (χ2v) is 6.22. The van der Waals surface area contributed by atoms with Crippen LogP contribution in [0.4, 0.5) is 4.79 Å². The maximum atomic E-state index is 12.2. The molecular weight excluding hydrogens is 306 g/mol. The Labute approximate surface area is 143 Å². The van der Waals surface area contributed by atoms with Crippen LogP contribution in [0.3, 0.4) is 0 Å². The molecule has 1 saturated heterocycles. The lowest BCUT2D eigenvalue weighted by atomic mass is 10.0. The summed E-state index contributed by atoms with van der Waals surface area (Å²) in [6.45, 7) is 9.02. The maximum absolute atomic E-state index is 12.2. The molecule has 0 atom stereocenters. The van der Waals surface area contributed by atoms with Crippen LogP contribution < -0.4 is 10.1 Å². The molecule has 1 aliphatic heterocycles. The molecule has 1 aromatic rings. The first-order chi connectivity index (χ1) is 11.5. The van der Waals surface area contributed by atoms with Gasteiger partial charge in [0.1, 0.15) is 5.75 Å². The molecule has 1 heterocycles. The van der Waals surface area contributed by atoms with Crippen molar-refractivity contribution in [3.8, 4) is 5.75 Å². The van der Waals surface area contributed by atoms with Gasteiger partial charge in [0.05, 0.1) is 0 Å². The monoisotopic (exact) mass is 333 g/mol. The number of nitrogens with zero attached hydrogens (tertiary/aromatic N) is 2. The molecule has 2 rings (SSSR count). The summed E-state index contributed by atoms with van der Waals surface area (Å²) in [5.74, 6) is 1.13. The third-order valence-corrected chi connectivity index (χ3v) is 4.16. The fourth-order valence-electron chi connectivity index (χ4n) is 2.61. The predicted octanol–water partition coefficient (Wildman–Crippen LogP) is 2.06. The van der Waals surface area contributed by atoms with Crippen LogP contribution in [0.1, 0.15) is 32.3 Å². The van der Waals surface area contributed by atoms with Gasteiger partial charge in [0, 0.05) is 32.7 Å². The molecule has 1 aliphatic rings.